The summed E-state index contributed by atoms with van der Waals surface area (Å²) in [5, 5.41) is 11.8. The highest BCUT2D eigenvalue weighted by Gasteiger charge is 2.19. The molecule has 16 heavy (non-hydrogen) atoms. The van der Waals surface area contributed by atoms with Crippen LogP contribution in [0, 0.1) is 0 Å². The van der Waals surface area contributed by atoms with E-state index < -0.39 is 18.0 Å². The Labute approximate surface area is 93.0 Å². The first kappa shape index (κ1) is 12.2. The summed E-state index contributed by atoms with van der Waals surface area (Å²) in [5.74, 6) is -1.26. The van der Waals surface area contributed by atoms with Gasteiger partial charge in [0, 0.05) is 5.69 Å². The van der Waals surface area contributed by atoms with E-state index in [4.69, 9.17) is 0 Å². The fraction of sp³-hybridized carbons (Fsp3) is 0.273. The van der Waals surface area contributed by atoms with Crippen LogP contribution in [0.15, 0.2) is 30.3 Å². The molecule has 0 bridgehead atoms. The van der Waals surface area contributed by atoms with Crippen molar-refractivity contribution in [3.05, 3.63) is 30.3 Å². The molecule has 1 rings (SSSR count). The first-order valence-electron chi connectivity index (χ1n) is 4.74. The van der Waals surface area contributed by atoms with Crippen LogP contribution in [0.3, 0.4) is 0 Å². The minimum atomic E-state index is -1.42. The van der Waals surface area contributed by atoms with Gasteiger partial charge in [-0.2, -0.15) is 0 Å². The smallest absolute Gasteiger partial charge is 0.335 e. The topological polar surface area (TPSA) is 75.6 Å². The molecule has 1 amide bonds. The molecule has 5 heteroatoms. The molecule has 0 spiro atoms. The van der Waals surface area contributed by atoms with Crippen molar-refractivity contribution in [3.8, 4) is 0 Å². The summed E-state index contributed by atoms with van der Waals surface area (Å²) in [5.41, 5.74) is 0.615. The van der Waals surface area contributed by atoms with Crippen molar-refractivity contribution in [2.45, 2.75) is 12.5 Å². The molecule has 0 radical (unpaired) electrons. The summed E-state index contributed by atoms with van der Waals surface area (Å²) in [6.07, 6.45) is -1.74. The second-order valence-electron chi connectivity index (χ2n) is 3.16. The average Bonchev–Trinajstić information content (AvgIpc) is 2.29. The number of methoxy groups -OCH3 is 1. The Hall–Kier alpha value is -1.88. The van der Waals surface area contributed by atoms with Gasteiger partial charge in [-0.1, -0.05) is 18.2 Å². The highest BCUT2D eigenvalue weighted by Crippen LogP contribution is 2.06. The molecule has 0 saturated heterocycles. The highest BCUT2D eigenvalue weighted by atomic mass is 16.5. The van der Waals surface area contributed by atoms with Crippen LogP contribution in [0.1, 0.15) is 6.42 Å². The molecule has 0 aliphatic rings. The number of hydrogen-bond acceptors (Lipinski definition) is 4. The lowest BCUT2D eigenvalue weighted by Gasteiger charge is -2.08. The summed E-state index contributed by atoms with van der Waals surface area (Å²) >= 11 is 0. The number of ether oxygens (including phenoxy) is 1. The van der Waals surface area contributed by atoms with Crippen molar-refractivity contribution >= 4 is 17.6 Å². The molecule has 0 saturated carbocycles. The van der Waals surface area contributed by atoms with Crippen molar-refractivity contribution < 1.29 is 19.4 Å². The van der Waals surface area contributed by atoms with Gasteiger partial charge in [0.1, 0.15) is 0 Å². The Kier molecular flexibility index (Phi) is 4.47. The molecular weight excluding hydrogens is 210 g/mol. The van der Waals surface area contributed by atoms with Crippen molar-refractivity contribution in [3.63, 3.8) is 0 Å². The van der Waals surface area contributed by atoms with E-state index in [0.717, 1.165) is 7.11 Å². The summed E-state index contributed by atoms with van der Waals surface area (Å²) in [7, 11) is 1.15. The van der Waals surface area contributed by atoms with Crippen LogP contribution in [-0.4, -0.2) is 30.2 Å². The number of carbonyl (C=O) groups excluding carboxylic acids is 2. The quantitative estimate of drug-likeness (QED) is 0.731. The Bertz CT molecular complexity index is 364. The van der Waals surface area contributed by atoms with Gasteiger partial charge in [-0.25, -0.2) is 4.79 Å². The van der Waals surface area contributed by atoms with Crippen LogP contribution < -0.4 is 5.32 Å². The van der Waals surface area contributed by atoms with Crippen LogP contribution in [0.2, 0.25) is 0 Å². The van der Waals surface area contributed by atoms with E-state index in [0.29, 0.717) is 5.69 Å². The fourth-order valence-electron chi connectivity index (χ4n) is 1.13. The summed E-state index contributed by atoms with van der Waals surface area (Å²) < 4.78 is 4.29. The number of aliphatic hydroxyl groups excluding tert-OH is 1. The first-order valence-corrected chi connectivity index (χ1v) is 4.74. The Balaban J connectivity index is 2.45. The zero-order valence-electron chi connectivity index (χ0n) is 8.84. The summed E-state index contributed by atoms with van der Waals surface area (Å²) in [6, 6.07) is 8.78. The number of amides is 1. The zero-order chi connectivity index (χ0) is 12.0. The van der Waals surface area contributed by atoms with Gasteiger partial charge in [-0.05, 0) is 12.1 Å². The summed E-state index contributed by atoms with van der Waals surface area (Å²) in [6.45, 7) is 0. The second-order valence-corrected chi connectivity index (χ2v) is 3.16. The molecule has 0 fully saturated rings. The Morgan fingerprint density at radius 3 is 2.56 bits per heavy atom. The molecule has 0 aromatic heterocycles. The standard InChI is InChI=1S/C11H13NO4/c1-16-11(15)9(13)7-10(14)12-8-5-3-2-4-6-8/h2-6,9,13H,7H2,1H3,(H,12,14). The minimum absolute atomic E-state index is 0.318. The molecule has 0 aliphatic heterocycles. The Morgan fingerprint density at radius 1 is 1.38 bits per heavy atom. The third kappa shape index (κ3) is 3.70. The minimum Gasteiger partial charge on any atom is -0.467 e. The van der Waals surface area contributed by atoms with Gasteiger partial charge in [0.05, 0.1) is 13.5 Å². The lowest BCUT2D eigenvalue weighted by molar-refractivity contribution is -0.152. The maximum Gasteiger partial charge on any atom is 0.335 e. The van der Waals surface area contributed by atoms with Crippen LogP contribution in [-0.2, 0) is 14.3 Å². The molecular formula is C11H13NO4. The molecule has 1 aromatic carbocycles. The van der Waals surface area contributed by atoms with Gasteiger partial charge in [-0.15, -0.1) is 0 Å². The molecule has 1 aromatic rings. The largest absolute Gasteiger partial charge is 0.467 e. The number of nitrogens with one attached hydrogen (secondary N) is 1. The molecule has 1 unspecified atom stereocenters. The average molecular weight is 223 g/mol. The van der Waals surface area contributed by atoms with E-state index in [1.807, 2.05) is 6.07 Å². The van der Waals surface area contributed by atoms with Crippen molar-refractivity contribution in [1.29, 1.82) is 0 Å². The van der Waals surface area contributed by atoms with Gasteiger partial charge in [0.15, 0.2) is 6.10 Å². The zero-order valence-corrected chi connectivity index (χ0v) is 8.84. The molecule has 5 nitrogen and oxygen atoms in total. The molecule has 86 valence electrons. The van der Waals surface area contributed by atoms with Crippen LogP contribution in [0.25, 0.3) is 0 Å². The number of benzene rings is 1. The van der Waals surface area contributed by atoms with Crippen molar-refractivity contribution in [2.24, 2.45) is 0 Å². The SMILES string of the molecule is COC(=O)C(O)CC(=O)Nc1ccccc1. The highest BCUT2D eigenvalue weighted by molar-refractivity contribution is 5.93. The number of hydrogen-bond donors (Lipinski definition) is 2. The van der Waals surface area contributed by atoms with Gasteiger partial charge < -0.3 is 15.2 Å². The normalized spacial score (nSPS) is 11.6. The number of esters is 1. The molecule has 1 atom stereocenters. The van der Waals surface area contributed by atoms with Gasteiger partial charge in [-0.3, -0.25) is 4.79 Å². The van der Waals surface area contributed by atoms with Gasteiger partial charge in [0.2, 0.25) is 5.91 Å². The van der Waals surface area contributed by atoms with Crippen molar-refractivity contribution in [1.82, 2.24) is 0 Å². The number of carbonyl (C=O) groups is 2. The van der Waals surface area contributed by atoms with Crippen LogP contribution in [0.5, 0.6) is 0 Å². The van der Waals surface area contributed by atoms with Gasteiger partial charge >= 0.3 is 5.97 Å². The maximum absolute atomic E-state index is 11.4. The third-order valence-corrected chi connectivity index (χ3v) is 1.91. The predicted molar refractivity (Wildman–Crippen MR) is 57.7 cm³/mol. The predicted octanol–water partition coefficient (Wildman–Crippen LogP) is 0.549. The van der Waals surface area contributed by atoms with E-state index in [9.17, 15) is 14.7 Å². The first-order chi connectivity index (χ1) is 7.63. The lowest BCUT2D eigenvalue weighted by Crippen LogP contribution is -2.27. The fourth-order valence-corrected chi connectivity index (χ4v) is 1.13. The molecule has 0 heterocycles. The van der Waals surface area contributed by atoms with E-state index in [1.54, 1.807) is 24.3 Å². The number of anilines is 1. The number of aliphatic hydroxyl groups is 1. The molecule has 2 N–H and O–H groups in total. The van der Waals surface area contributed by atoms with E-state index in [1.165, 1.54) is 0 Å². The van der Waals surface area contributed by atoms with E-state index in [2.05, 4.69) is 10.1 Å². The van der Waals surface area contributed by atoms with Gasteiger partial charge in [0.25, 0.3) is 0 Å². The summed E-state index contributed by atoms with van der Waals surface area (Å²) in [4.78, 5) is 22.2. The van der Waals surface area contributed by atoms with Crippen LogP contribution in [0.4, 0.5) is 5.69 Å². The number of para-hydroxylation sites is 1. The lowest BCUT2D eigenvalue weighted by atomic mass is 10.2. The van der Waals surface area contributed by atoms with Crippen LogP contribution >= 0.6 is 0 Å². The third-order valence-electron chi connectivity index (χ3n) is 1.91. The second kappa shape index (κ2) is 5.87. The van der Waals surface area contributed by atoms with Crippen molar-refractivity contribution in [2.75, 3.05) is 12.4 Å². The Morgan fingerprint density at radius 2 is 2.00 bits per heavy atom. The monoisotopic (exact) mass is 223 g/mol. The van der Waals surface area contributed by atoms with E-state index >= 15 is 0 Å². The maximum atomic E-state index is 11.4. The molecule has 0 aliphatic carbocycles. The van der Waals surface area contributed by atoms with E-state index in [-0.39, 0.29) is 6.42 Å². The number of rotatable bonds is 4.